The van der Waals surface area contributed by atoms with Gasteiger partial charge in [0, 0.05) is 12.6 Å². The molecule has 0 aromatic heterocycles. The number of rotatable bonds is 8. The Hall–Kier alpha value is -1.75. The zero-order chi connectivity index (χ0) is 16.8. The van der Waals surface area contributed by atoms with Gasteiger partial charge in [-0.15, -0.1) is 0 Å². The predicted octanol–water partition coefficient (Wildman–Crippen LogP) is 2.91. The van der Waals surface area contributed by atoms with Crippen LogP contribution in [0.5, 0.6) is 5.75 Å². The van der Waals surface area contributed by atoms with Gasteiger partial charge in [-0.05, 0) is 31.9 Å². The highest BCUT2D eigenvalue weighted by Gasteiger charge is 2.34. The van der Waals surface area contributed by atoms with Crippen LogP contribution in [0.2, 0.25) is 5.02 Å². The highest BCUT2D eigenvalue weighted by Crippen LogP contribution is 2.28. The second kappa shape index (κ2) is 8.20. The maximum Gasteiger partial charge on any atom is 0.310 e. The quantitative estimate of drug-likeness (QED) is 0.683. The molecule has 0 heterocycles. The molecular formula is C17H22ClNO4. The third kappa shape index (κ3) is 5.13. The Morgan fingerprint density at radius 2 is 2.04 bits per heavy atom. The lowest BCUT2D eigenvalue weighted by Gasteiger charge is -2.25. The third-order valence-electron chi connectivity index (χ3n) is 3.66. The molecule has 1 aromatic carbocycles. The zero-order valence-electron chi connectivity index (χ0n) is 13.5. The normalized spacial score (nSPS) is 14.9. The first kappa shape index (κ1) is 17.6. The number of carbonyl (C=O) groups excluding carboxylic acids is 2. The van der Waals surface area contributed by atoms with Crippen molar-refractivity contribution in [3.63, 3.8) is 0 Å². The Morgan fingerprint density at radius 3 is 2.65 bits per heavy atom. The largest absolute Gasteiger partial charge is 0.482 e. The van der Waals surface area contributed by atoms with Crippen molar-refractivity contribution in [2.45, 2.75) is 32.7 Å². The number of esters is 1. The number of halogens is 1. The molecule has 1 unspecified atom stereocenters. The van der Waals surface area contributed by atoms with Crippen molar-refractivity contribution in [2.24, 2.45) is 5.92 Å². The summed E-state index contributed by atoms with van der Waals surface area (Å²) in [6.07, 6.45) is 1.93. The number of nitrogens with zero attached hydrogens (tertiary/aromatic N) is 1. The van der Waals surface area contributed by atoms with Crippen LogP contribution in [0, 0.1) is 5.92 Å². The van der Waals surface area contributed by atoms with Crippen LogP contribution in [0.3, 0.4) is 0 Å². The molecule has 0 saturated heterocycles. The van der Waals surface area contributed by atoms with Gasteiger partial charge in [-0.3, -0.25) is 9.59 Å². The molecule has 0 bridgehead atoms. The second-order valence-electron chi connectivity index (χ2n) is 5.65. The summed E-state index contributed by atoms with van der Waals surface area (Å²) in [6, 6.07) is 7.23. The van der Waals surface area contributed by atoms with Gasteiger partial charge >= 0.3 is 5.97 Å². The van der Waals surface area contributed by atoms with E-state index in [4.69, 9.17) is 21.1 Å². The van der Waals surface area contributed by atoms with Crippen molar-refractivity contribution >= 4 is 23.5 Å². The number of hydrogen-bond acceptors (Lipinski definition) is 4. The molecule has 0 radical (unpaired) electrons. The number of amides is 1. The second-order valence-corrected chi connectivity index (χ2v) is 6.06. The summed E-state index contributed by atoms with van der Waals surface area (Å²) in [5.41, 5.74) is 0. The maximum absolute atomic E-state index is 12.4. The highest BCUT2D eigenvalue weighted by atomic mass is 35.5. The summed E-state index contributed by atoms with van der Waals surface area (Å²) >= 11 is 6.01. The average molecular weight is 340 g/mol. The van der Waals surface area contributed by atoms with Gasteiger partial charge < -0.3 is 14.4 Å². The Morgan fingerprint density at radius 1 is 1.35 bits per heavy atom. The molecule has 1 atom stereocenters. The standard InChI is InChI=1S/C17H22ClNO4/c1-3-22-17(21)12(2)10-19(13-8-9-13)16(20)11-23-15-7-5-4-6-14(15)18/h4-7,12-13H,3,8-11H2,1-2H3. The smallest absolute Gasteiger partial charge is 0.310 e. The Bertz CT molecular complexity index is 559. The first-order valence-corrected chi connectivity index (χ1v) is 8.24. The van der Waals surface area contributed by atoms with Crippen molar-refractivity contribution in [3.8, 4) is 5.75 Å². The van der Waals surface area contributed by atoms with Gasteiger partial charge in [-0.2, -0.15) is 0 Å². The van der Waals surface area contributed by atoms with Crippen molar-refractivity contribution in [2.75, 3.05) is 19.8 Å². The van der Waals surface area contributed by atoms with E-state index in [9.17, 15) is 9.59 Å². The van der Waals surface area contributed by atoms with Crippen LogP contribution in [0.25, 0.3) is 0 Å². The number of benzene rings is 1. The molecule has 0 N–H and O–H groups in total. The van der Waals surface area contributed by atoms with E-state index in [1.807, 2.05) is 0 Å². The minimum absolute atomic E-state index is 0.0875. The van der Waals surface area contributed by atoms with E-state index in [0.717, 1.165) is 12.8 Å². The lowest BCUT2D eigenvalue weighted by Crippen LogP contribution is -2.41. The van der Waals surface area contributed by atoms with E-state index in [2.05, 4.69) is 0 Å². The lowest BCUT2D eigenvalue weighted by atomic mass is 10.1. The van der Waals surface area contributed by atoms with Crippen molar-refractivity contribution < 1.29 is 19.1 Å². The molecular weight excluding hydrogens is 318 g/mol. The van der Waals surface area contributed by atoms with Gasteiger partial charge in [0.15, 0.2) is 6.61 Å². The van der Waals surface area contributed by atoms with Crippen molar-refractivity contribution in [1.29, 1.82) is 0 Å². The molecule has 0 aliphatic heterocycles. The van der Waals surface area contributed by atoms with Crippen LogP contribution in [-0.4, -0.2) is 42.6 Å². The first-order valence-electron chi connectivity index (χ1n) is 7.86. The van der Waals surface area contributed by atoms with E-state index in [1.54, 1.807) is 43.0 Å². The monoisotopic (exact) mass is 339 g/mol. The van der Waals surface area contributed by atoms with Gasteiger partial charge in [0.1, 0.15) is 5.75 Å². The SMILES string of the molecule is CCOC(=O)C(C)CN(C(=O)COc1ccccc1Cl)C1CC1. The highest BCUT2D eigenvalue weighted by molar-refractivity contribution is 6.32. The molecule has 23 heavy (non-hydrogen) atoms. The van der Waals surface area contributed by atoms with Gasteiger partial charge in [0.2, 0.25) is 0 Å². The molecule has 1 amide bonds. The fourth-order valence-electron chi connectivity index (χ4n) is 2.28. The molecule has 1 aromatic rings. The molecule has 126 valence electrons. The third-order valence-corrected chi connectivity index (χ3v) is 3.97. The average Bonchev–Trinajstić information content (AvgIpc) is 3.36. The van der Waals surface area contributed by atoms with E-state index < -0.39 is 0 Å². The number of para-hydroxylation sites is 1. The first-order chi connectivity index (χ1) is 11.0. The topological polar surface area (TPSA) is 55.8 Å². The number of ether oxygens (including phenoxy) is 2. The summed E-state index contributed by atoms with van der Waals surface area (Å²) in [5.74, 6) is -0.280. The van der Waals surface area contributed by atoms with E-state index >= 15 is 0 Å². The van der Waals surface area contributed by atoms with Gasteiger partial charge in [0.25, 0.3) is 5.91 Å². The van der Waals surface area contributed by atoms with Gasteiger partial charge in [-0.1, -0.05) is 30.7 Å². The fourth-order valence-corrected chi connectivity index (χ4v) is 2.47. The minimum Gasteiger partial charge on any atom is -0.482 e. The molecule has 5 nitrogen and oxygen atoms in total. The van der Waals surface area contributed by atoms with Crippen molar-refractivity contribution in [1.82, 2.24) is 4.90 Å². The Labute approximate surface area is 141 Å². The Balaban J connectivity index is 1.91. The molecule has 1 saturated carbocycles. The maximum atomic E-state index is 12.4. The van der Waals surface area contributed by atoms with Crippen LogP contribution in [0.4, 0.5) is 0 Å². The van der Waals surface area contributed by atoms with Crippen molar-refractivity contribution in [3.05, 3.63) is 29.3 Å². The lowest BCUT2D eigenvalue weighted by molar-refractivity contribution is -0.149. The van der Waals surface area contributed by atoms with Gasteiger partial charge in [0.05, 0.1) is 17.5 Å². The van der Waals surface area contributed by atoms with Crippen LogP contribution in [0.1, 0.15) is 26.7 Å². The van der Waals surface area contributed by atoms with Crippen LogP contribution >= 0.6 is 11.6 Å². The summed E-state index contributed by atoms with van der Waals surface area (Å²) < 4.78 is 10.5. The summed E-state index contributed by atoms with van der Waals surface area (Å²) in [5, 5.41) is 0.471. The summed E-state index contributed by atoms with van der Waals surface area (Å²) in [6.45, 7) is 4.15. The molecule has 0 spiro atoms. The van der Waals surface area contributed by atoms with Crippen LogP contribution in [-0.2, 0) is 14.3 Å². The summed E-state index contributed by atoms with van der Waals surface area (Å²) in [4.78, 5) is 25.9. The minimum atomic E-state index is -0.347. The Kier molecular flexibility index (Phi) is 6.28. The van der Waals surface area contributed by atoms with E-state index in [1.165, 1.54) is 0 Å². The van der Waals surface area contributed by atoms with Crippen LogP contribution in [0.15, 0.2) is 24.3 Å². The fraction of sp³-hybridized carbons (Fsp3) is 0.529. The molecule has 1 aliphatic carbocycles. The molecule has 1 fully saturated rings. The molecule has 1 aliphatic rings. The number of carbonyl (C=O) groups is 2. The van der Waals surface area contributed by atoms with Crippen LogP contribution < -0.4 is 4.74 Å². The summed E-state index contributed by atoms with van der Waals surface area (Å²) in [7, 11) is 0. The predicted molar refractivity (Wildman–Crippen MR) is 87.5 cm³/mol. The van der Waals surface area contributed by atoms with Gasteiger partial charge in [-0.25, -0.2) is 0 Å². The van der Waals surface area contributed by atoms with E-state index in [0.29, 0.717) is 23.9 Å². The zero-order valence-corrected chi connectivity index (χ0v) is 14.2. The molecule has 2 rings (SSSR count). The molecule has 6 heteroatoms. The van der Waals surface area contributed by atoms with E-state index in [-0.39, 0.29) is 30.4 Å². The number of hydrogen-bond donors (Lipinski definition) is 0.